The van der Waals surface area contributed by atoms with Crippen LogP contribution in [-0.2, 0) is 14.4 Å². The Bertz CT molecular complexity index is 1340. The van der Waals surface area contributed by atoms with Gasteiger partial charge in [0.15, 0.2) is 0 Å². The van der Waals surface area contributed by atoms with Crippen LogP contribution in [0.2, 0.25) is 0 Å². The van der Waals surface area contributed by atoms with Gasteiger partial charge in [-0.05, 0) is 46.9 Å². The zero-order valence-corrected chi connectivity index (χ0v) is 17.3. The Labute approximate surface area is 179 Å². The third kappa shape index (κ3) is 1.86. The van der Waals surface area contributed by atoms with E-state index in [2.05, 4.69) is 30.3 Å². The van der Waals surface area contributed by atoms with E-state index in [9.17, 15) is 19.5 Å². The van der Waals surface area contributed by atoms with Crippen molar-refractivity contribution < 1.29 is 19.5 Å². The quantitative estimate of drug-likeness (QED) is 0.649. The number of carbonyl (C=O) groups excluding carboxylic acids is 2. The van der Waals surface area contributed by atoms with Crippen LogP contribution in [0.1, 0.15) is 47.9 Å². The van der Waals surface area contributed by atoms with E-state index in [0.29, 0.717) is 0 Å². The zero-order valence-electron chi connectivity index (χ0n) is 17.3. The molecule has 1 N–H and O–H groups in total. The SMILES string of the molecule is C[C@@]12C(=O)N(CC(=O)O)C(=O)[C@@]1(C)[C@@H]1c3ccccc3[C@H]2c2ccc3ccccc3c21. The van der Waals surface area contributed by atoms with Gasteiger partial charge in [0, 0.05) is 11.8 Å². The minimum absolute atomic E-state index is 0.312. The minimum atomic E-state index is -1.18. The second-order valence-electron chi connectivity index (χ2n) is 9.28. The van der Waals surface area contributed by atoms with Crippen LogP contribution in [0.5, 0.6) is 0 Å². The van der Waals surface area contributed by atoms with Gasteiger partial charge >= 0.3 is 5.97 Å². The molecule has 4 aliphatic rings. The largest absolute Gasteiger partial charge is 0.480 e. The van der Waals surface area contributed by atoms with Crippen LogP contribution in [0.15, 0.2) is 60.7 Å². The average Bonchev–Trinajstić information content (AvgIpc) is 2.92. The van der Waals surface area contributed by atoms with Crippen LogP contribution in [0.3, 0.4) is 0 Å². The van der Waals surface area contributed by atoms with Gasteiger partial charge in [0.25, 0.3) is 0 Å². The Balaban J connectivity index is 1.74. The van der Waals surface area contributed by atoms with E-state index in [4.69, 9.17) is 0 Å². The highest BCUT2D eigenvalue weighted by atomic mass is 16.4. The molecule has 0 spiro atoms. The van der Waals surface area contributed by atoms with Crippen molar-refractivity contribution in [2.45, 2.75) is 25.7 Å². The molecule has 5 nitrogen and oxygen atoms in total. The lowest BCUT2D eigenvalue weighted by molar-refractivity contribution is -0.150. The highest BCUT2D eigenvalue weighted by Gasteiger charge is 2.75. The number of carbonyl (C=O) groups is 3. The van der Waals surface area contributed by atoms with Crippen molar-refractivity contribution >= 4 is 28.6 Å². The van der Waals surface area contributed by atoms with Gasteiger partial charge in [0.2, 0.25) is 11.8 Å². The molecule has 1 saturated heterocycles. The number of carboxylic acids is 1. The molecule has 0 unspecified atom stereocenters. The van der Waals surface area contributed by atoms with E-state index in [-0.39, 0.29) is 23.7 Å². The lowest BCUT2D eigenvalue weighted by atomic mass is 9.42. The van der Waals surface area contributed by atoms with Crippen LogP contribution < -0.4 is 0 Å². The van der Waals surface area contributed by atoms with E-state index in [1.54, 1.807) is 0 Å². The van der Waals surface area contributed by atoms with Gasteiger partial charge in [0.05, 0.1) is 10.8 Å². The highest BCUT2D eigenvalue weighted by molar-refractivity contribution is 6.14. The first-order valence-electron chi connectivity index (χ1n) is 10.5. The number of hydrogen-bond acceptors (Lipinski definition) is 3. The molecule has 1 aliphatic heterocycles. The molecule has 0 saturated carbocycles. The molecule has 3 aromatic carbocycles. The summed E-state index contributed by atoms with van der Waals surface area (Å²) in [7, 11) is 0. The number of fused-ring (bicyclic) bond motifs is 1. The van der Waals surface area contributed by atoms with Crippen molar-refractivity contribution in [1.29, 1.82) is 0 Å². The normalized spacial score (nSPS) is 30.3. The van der Waals surface area contributed by atoms with E-state index in [1.807, 2.05) is 44.2 Å². The second-order valence-corrected chi connectivity index (χ2v) is 9.28. The second kappa shape index (κ2) is 5.61. The first-order valence-corrected chi connectivity index (χ1v) is 10.5. The summed E-state index contributed by atoms with van der Waals surface area (Å²) in [6, 6.07) is 20.3. The molecule has 3 aliphatic carbocycles. The Hall–Kier alpha value is -3.47. The summed E-state index contributed by atoms with van der Waals surface area (Å²) in [6.07, 6.45) is 0. The molecule has 3 aromatic rings. The zero-order chi connectivity index (χ0) is 21.7. The Morgan fingerprint density at radius 2 is 1.42 bits per heavy atom. The van der Waals surface area contributed by atoms with E-state index >= 15 is 0 Å². The average molecular weight is 411 g/mol. The lowest BCUT2D eigenvalue weighted by Gasteiger charge is -2.57. The van der Waals surface area contributed by atoms with Gasteiger partial charge in [-0.2, -0.15) is 0 Å². The number of likely N-dealkylation sites (tertiary alicyclic amines) is 1. The smallest absolute Gasteiger partial charge is 0.323 e. The standard InChI is InChI=1S/C26H21NO4/c1-25-21-16-9-5-6-10-17(16)22(20-15-8-4-3-7-14(15)11-12-18(20)21)26(25,2)24(31)27(23(25)30)13-19(28)29/h3-12,21-22H,13H2,1-2H3,(H,28,29)/t21-,22+,25+,26+/m0/s1. The molecule has 1 heterocycles. The first kappa shape index (κ1) is 18.3. The van der Waals surface area contributed by atoms with Crippen molar-refractivity contribution in [2.75, 3.05) is 6.54 Å². The fourth-order valence-electron chi connectivity index (χ4n) is 6.69. The molecule has 154 valence electrons. The monoisotopic (exact) mass is 411 g/mol. The number of benzene rings is 3. The van der Waals surface area contributed by atoms with Crippen LogP contribution in [0.4, 0.5) is 0 Å². The number of rotatable bonds is 2. The van der Waals surface area contributed by atoms with Crippen molar-refractivity contribution in [3.63, 3.8) is 0 Å². The molecule has 2 amide bonds. The molecule has 2 bridgehead atoms. The molecular weight excluding hydrogens is 390 g/mol. The summed E-state index contributed by atoms with van der Waals surface area (Å²) in [4.78, 5) is 40.0. The topological polar surface area (TPSA) is 74.7 Å². The molecule has 7 rings (SSSR count). The summed E-state index contributed by atoms with van der Waals surface area (Å²) in [5.74, 6) is -2.58. The Morgan fingerprint density at radius 1 is 0.839 bits per heavy atom. The molecular formula is C26H21NO4. The predicted octanol–water partition coefficient (Wildman–Crippen LogP) is 3.90. The van der Waals surface area contributed by atoms with Crippen LogP contribution in [-0.4, -0.2) is 34.3 Å². The highest BCUT2D eigenvalue weighted by Crippen LogP contribution is 2.73. The molecule has 0 aromatic heterocycles. The fourth-order valence-corrected chi connectivity index (χ4v) is 6.69. The summed E-state index contributed by atoms with van der Waals surface area (Å²) >= 11 is 0. The first-order chi connectivity index (χ1) is 14.8. The van der Waals surface area contributed by atoms with Crippen molar-refractivity contribution in [2.24, 2.45) is 10.8 Å². The van der Waals surface area contributed by atoms with E-state index < -0.39 is 23.3 Å². The van der Waals surface area contributed by atoms with Crippen LogP contribution in [0.25, 0.3) is 10.8 Å². The maximum absolute atomic E-state index is 13.8. The van der Waals surface area contributed by atoms with Gasteiger partial charge in [0.1, 0.15) is 6.54 Å². The summed E-state index contributed by atoms with van der Waals surface area (Å²) < 4.78 is 0. The van der Waals surface area contributed by atoms with Crippen molar-refractivity contribution in [1.82, 2.24) is 4.90 Å². The minimum Gasteiger partial charge on any atom is -0.480 e. The van der Waals surface area contributed by atoms with Crippen LogP contribution in [0, 0.1) is 10.8 Å². The van der Waals surface area contributed by atoms with Gasteiger partial charge < -0.3 is 5.11 Å². The number of hydrogen-bond donors (Lipinski definition) is 1. The Morgan fingerprint density at radius 3 is 2.10 bits per heavy atom. The number of carboxylic acid groups (broad SMARTS) is 1. The molecule has 4 atom stereocenters. The summed E-state index contributed by atoms with van der Waals surface area (Å²) in [6.45, 7) is 3.13. The van der Waals surface area contributed by atoms with Crippen LogP contribution >= 0.6 is 0 Å². The van der Waals surface area contributed by atoms with Gasteiger partial charge in [-0.3, -0.25) is 19.3 Å². The third-order valence-corrected chi connectivity index (χ3v) is 8.13. The van der Waals surface area contributed by atoms with E-state index in [0.717, 1.165) is 37.9 Å². The molecule has 5 heteroatoms. The molecule has 1 fully saturated rings. The number of amides is 2. The predicted molar refractivity (Wildman–Crippen MR) is 115 cm³/mol. The van der Waals surface area contributed by atoms with Gasteiger partial charge in [-0.1, -0.05) is 60.7 Å². The number of nitrogens with zero attached hydrogens (tertiary/aromatic N) is 1. The Kier molecular flexibility index (Phi) is 3.31. The fraction of sp³-hybridized carbons (Fsp3) is 0.269. The number of aliphatic carboxylic acids is 1. The van der Waals surface area contributed by atoms with Crippen molar-refractivity contribution in [3.05, 3.63) is 82.9 Å². The van der Waals surface area contributed by atoms with Gasteiger partial charge in [-0.15, -0.1) is 0 Å². The third-order valence-electron chi connectivity index (χ3n) is 8.13. The summed E-state index contributed by atoms with van der Waals surface area (Å²) in [5.41, 5.74) is 2.19. The lowest BCUT2D eigenvalue weighted by Crippen LogP contribution is -2.56. The van der Waals surface area contributed by atoms with Gasteiger partial charge in [-0.25, -0.2) is 0 Å². The number of imide groups is 1. The van der Waals surface area contributed by atoms with E-state index in [1.165, 1.54) is 0 Å². The maximum atomic E-state index is 13.8. The molecule has 31 heavy (non-hydrogen) atoms. The summed E-state index contributed by atoms with van der Waals surface area (Å²) in [5, 5.41) is 11.6. The maximum Gasteiger partial charge on any atom is 0.323 e. The molecule has 0 radical (unpaired) electrons. The van der Waals surface area contributed by atoms with Crippen molar-refractivity contribution in [3.8, 4) is 0 Å².